The van der Waals surface area contributed by atoms with Gasteiger partial charge in [-0.15, -0.1) is 0 Å². The molecule has 0 spiro atoms. The first kappa shape index (κ1) is 28.0. The molecule has 1 nitrogen and oxygen atoms in total. The van der Waals surface area contributed by atoms with Crippen LogP contribution >= 0.6 is 0 Å². The monoisotopic (exact) mass is 421 g/mol. The summed E-state index contributed by atoms with van der Waals surface area (Å²) in [5.41, 5.74) is 1.21. The molecule has 0 amide bonds. The van der Waals surface area contributed by atoms with Gasteiger partial charge in [0.05, 0.1) is 0 Å². The van der Waals surface area contributed by atoms with Crippen molar-refractivity contribution in [3.05, 3.63) is 0 Å². The van der Waals surface area contributed by atoms with E-state index in [1.165, 1.54) is 45.2 Å². The third kappa shape index (κ3) is 5.65. The standard InChI is InChI=1S/C29H59N/c1-14-22(6)19-30-20-26(30)29(13,16-3)27(10,11)25(9)23(7)17-18-28(12,21(4)5)24(8)15-2/h21-26H,14-20H2,1-13H3. The molecule has 0 N–H and O–H groups in total. The molecular formula is C29H59N. The van der Waals surface area contributed by atoms with Crippen molar-refractivity contribution in [2.75, 3.05) is 13.1 Å². The fourth-order valence-electron chi connectivity index (χ4n) is 6.22. The van der Waals surface area contributed by atoms with Gasteiger partial charge < -0.3 is 0 Å². The zero-order valence-corrected chi connectivity index (χ0v) is 23.4. The van der Waals surface area contributed by atoms with E-state index in [-0.39, 0.29) is 0 Å². The highest BCUT2D eigenvalue weighted by Gasteiger charge is 2.56. The van der Waals surface area contributed by atoms with Crippen LogP contribution in [0.2, 0.25) is 0 Å². The Morgan fingerprint density at radius 2 is 1.43 bits per heavy atom. The van der Waals surface area contributed by atoms with Gasteiger partial charge in [0, 0.05) is 19.1 Å². The van der Waals surface area contributed by atoms with E-state index >= 15 is 0 Å². The van der Waals surface area contributed by atoms with Crippen LogP contribution in [0, 0.1) is 45.8 Å². The molecule has 0 aromatic rings. The first-order valence-corrected chi connectivity index (χ1v) is 13.5. The van der Waals surface area contributed by atoms with E-state index in [0.717, 1.165) is 35.6 Å². The minimum Gasteiger partial charge on any atom is -0.297 e. The second-order valence-electron chi connectivity index (χ2n) is 12.8. The Labute approximate surface area is 192 Å². The smallest absolute Gasteiger partial charge is 0.0282 e. The van der Waals surface area contributed by atoms with Crippen LogP contribution in [0.5, 0.6) is 0 Å². The van der Waals surface area contributed by atoms with Crippen LogP contribution < -0.4 is 0 Å². The zero-order chi connectivity index (χ0) is 23.5. The third-order valence-corrected chi connectivity index (χ3v) is 11.1. The fraction of sp³-hybridized carbons (Fsp3) is 1.00. The van der Waals surface area contributed by atoms with Crippen molar-refractivity contribution >= 4 is 0 Å². The van der Waals surface area contributed by atoms with Crippen molar-refractivity contribution < 1.29 is 0 Å². The molecule has 1 aliphatic rings. The lowest BCUT2D eigenvalue weighted by Gasteiger charge is -2.51. The first-order valence-electron chi connectivity index (χ1n) is 13.5. The van der Waals surface area contributed by atoms with E-state index in [1.54, 1.807) is 0 Å². The fourth-order valence-corrected chi connectivity index (χ4v) is 6.22. The van der Waals surface area contributed by atoms with Gasteiger partial charge in [-0.2, -0.15) is 0 Å². The van der Waals surface area contributed by atoms with E-state index in [9.17, 15) is 0 Å². The van der Waals surface area contributed by atoms with Crippen molar-refractivity contribution in [1.29, 1.82) is 0 Å². The predicted molar refractivity (Wildman–Crippen MR) is 137 cm³/mol. The van der Waals surface area contributed by atoms with Gasteiger partial charge in [-0.1, -0.05) is 103 Å². The Morgan fingerprint density at radius 1 is 0.867 bits per heavy atom. The van der Waals surface area contributed by atoms with Crippen molar-refractivity contribution in [1.82, 2.24) is 4.90 Å². The predicted octanol–water partition coefficient (Wildman–Crippen LogP) is 8.92. The molecule has 30 heavy (non-hydrogen) atoms. The summed E-state index contributed by atoms with van der Waals surface area (Å²) >= 11 is 0. The van der Waals surface area contributed by atoms with Crippen LogP contribution in [0.3, 0.4) is 0 Å². The number of hydrogen-bond donors (Lipinski definition) is 0. The molecule has 8 atom stereocenters. The van der Waals surface area contributed by atoms with E-state index in [2.05, 4.69) is 94.9 Å². The summed E-state index contributed by atoms with van der Waals surface area (Å²) in [5.74, 6) is 3.89. The van der Waals surface area contributed by atoms with Crippen molar-refractivity contribution in [3.63, 3.8) is 0 Å². The molecule has 0 saturated carbocycles. The highest BCUT2D eigenvalue weighted by atomic mass is 15.3. The van der Waals surface area contributed by atoms with E-state index in [1.807, 2.05) is 0 Å². The van der Waals surface area contributed by atoms with Crippen molar-refractivity contribution in [2.45, 2.75) is 128 Å². The maximum atomic E-state index is 2.77. The summed E-state index contributed by atoms with van der Waals surface area (Å²) in [7, 11) is 0. The Morgan fingerprint density at radius 3 is 1.87 bits per heavy atom. The maximum absolute atomic E-state index is 2.77. The number of hydrogen-bond acceptors (Lipinski definition) is 1. The average molecular weight is 422 g/mol. The molecule has 1 fully saturated rings. The average Bonchev–Trinajstić information content (AvgIpc) is 3.48. The lowest BCUT2D eigenvalue weighted by atomic mass is 9.54. The normalized spacial score (nSPS) is 27.8. The first-order chi connectivity index (χ1) is 13.7. The molecule has 0 radical (unpaired) electrons. The van der Waals surface area contributed by atoms with Crippen LogP contribution in [0.25, 0.3) is 0 Å². The molecule has 1 rings (SSSR count). The van der Waals surface area contributed by atoms with Gasteiger partial charge >= 0.3 is 0 Å². The molecular weight excluding hydrogens is 362 g/mol. The highest BCUT2D eigenvalue weighted by molar-refractivity contribution is 5.08. The van der Waals surface area contributed by atoms with Crippen molar-refractivity contribution in [3.8, 4) is 0 Å². The van der Waals surface area contributed by atoms with Gasteiger partial charge in [0.2, 0.25) is 0 Å². The summed E-state index contributed by atoms with van der Waals surface area (Å²) < 4.78 is 0. The largest absolute Gasteiger partial charge is 0.297 e. The number of nitrogens with zero attached hydrogens (tertiary/aromatic N) is 1. The van der Waals surface area contributed by atoms with Gasteiger partial charge in [-0.3, -0.25) is 4.90 Å². The van der Waals surface area contributed by atoms with Gasteiger partial charge in [0.1, 0.15) is 0 Å². The molecule has 0 aromatic heterocycles. The summed E-state index contributed by atoms with van der Waals surface area (Å²) in [5, 5.41) is 0. The molecule has 1 heterocycles. The minimum atomic E-state index is 0.348. The Kier molecular flexibility index (Phi) is 10.0. The molecule has 1 aliphatic heterocycles. The molecule has 1 saturated heterocycles. The molecule has 0 bridgehead atoms. The SMILES string of the molecule is CCC(C)CN1CC1C(C)(CC)C(C)(C)C(C)C(C)CCC(C)(C(C)C)C(C)CC. The van der Waals surface area contributed by atoms with Crippen LogP contribution in [0.1, 0.15) is 122 Å². The molecule has 180 valence electrons. The Bertz CT molecular complexity index is 508. The lowest BCUT2D eigenvalue weighted by Crippen LogP contribution is -2.47. The minimum absolute atomic E-state index is 0.348. The van der Waals surface area contributed by atoms with Crippen LogP contribution in [-0.2, 0) is 0 Å². The molecule has 1 heteroatoms. The maximum Gasteiger partial charge on any atom is 0.0282 e. The number of rotatable bonds is 14. The molecule has 8 unspecified atom stereocenters. The van der Waals surface area contributed by atoms with E-state index < -0.39 is 0 Å². The zero-order valence-electron chi connectivity index (χ0n) is 23.4. The third-order valence-electron chi connectivity index (χ3n) is 11.1. The van der Waals surface area contributed by atoms with Crippen LogP contribution in [0.15, 0.2) is 0 Å². The summed E-state index contributed by atoms with van der Waals surface area (Å²) in [4.78, 5) is 2.77. The second kappa shape index (κ2) is 10.7. The van der Waals surface area contributed by atoms with Gasteiger partial charge in [-0.25, -0.2) is 0 Å². The van der Waals surface area contributed by atoms with Gasteiger partial charge in [-0.05, 0) is 65.1 Å². The van der Waals surface area contributed by atoms with Gasteiger partial charge in [0.15, 0.2) is 0 Å². The summed E-state index contributed by atoms with van der Waals surface area (Å²) in [6, 6.07) is 0.780. The quantitative estimate of drug-likeness (QED) is 0.253. The van der Waals surface area contributed by atoms with Crippen LogP contribution in [-0.4, -0.2) is 24.0 Å². The molecule has 0 aliphatic carbocycles. The summed E-state index contributed by atoms with van der Waals surface area (Å²) in [6.07, 6.45) is 6.62. The molecule has 0 aromatic carbocycles. The Balaban J connectivity index is 2.89. The van der Waals surface area contributed by atoms with E-state index in [0.29, 0.717) is 16.2 Å². The van der Waals surface area contributed by atoms with E-state index in [4.69, 9.17) is 0 Å². The second-order valence-corrected chi connectivity index (χ2v) is 12.8. The topological polar surface area (TPSA) is 3.01 Å². The Hall–Kier alpha value is -0.0400. The lowest BCUT2D eigenvalue weighted by molar-refractivity contribution is -0.0144. The summed E-state index contributed by atoms with van der Waals surface area (Å²) in [6.45, 7) is 35.0. The van der Waals surface area contributed by atoms with Crippen molar-refractivity contribution in [2.24, 2.45) is 45.8 Å². The highest BCUT2D eigenvalue weighted by Crippen LogP contribution is 2.56. The van der Waals surface area contributed by atoms with Crippen LogP contribution in [0.4, 0.5) is 0 Å². The van der Waals surface area contributed by atoms with Gasteiger partial charge in [0.25, 0.3) is 0 Å².